The SMILES string of the molecule is CCCCCCCCOCC(O)COCC(O)COCCCCCCCC. The zero-order chi connectivity index (χ0) is 20.0. The fourth-order valence-corrected chi connectivity index (χ4v) is 2.84. The molecular weight excluding hydrogens is 344 g/mol. The predicted octanol–water partition coefficient (Wildman–Crippen LogP) is 4.48. The van der Waals surface area contributed by atoms with Gasteiger partial charge in [-0.1, -0.05) is 78.1 Å². The van der Waals surface area contributed by atoms with Crippen molar-refractivity contribution in [2.24, 2.45) is 0 Å². The summed E-state index contributed by atoms with van der Waals surface area (Å²) in [6, 6.07) is 0. The summed E-state index contributed by atoms with van der Waals surface area (Å²) in [5.74, 6) is 0. The minimum atomic E-state index is -0.638. The molecule has 0 amide bonds. The van der Waals surface area contributed by atoms with E-state index < -0.39 is 12.2 Å². The topological polar surface area (TPSA) is 68.2 Å². The first-order chi connectivity index (χ1) is 13.2. The Morgan fingerprint density at radius 1 is 0.481 bits per heavy atom. The third-order valence-electron chi connectivity index (χ3n) is 4.53. The number of unbranched alkanes of at least 4 members (excludes halogenated alkanes) is 10. The third kappa shape index (κ3) is 22.0. The molecule has 0 saturated heterocycles. The summed E-state index contributed by atoms with van der Waals surface area (Å²) in [4.78, 5) is 0. The largest absolute Gasteiger partial charge is 0.388 e. The molecule has 0 aliphatic heterocycles. The van der Waals surface area contributed by atoms with Gasteiger partial charge in [-0.2, -0.15) is 0 Å². The first kappa shape index (κ1) is 26.8. The Morgan fingerprint density at radius 3 is 1.22 bits per heavy atom. The second-order valence-corrected chi connectivity index (χ2v) is 7.53. The number of hydrogen-bond acceptors (Lipinski definition) is 5. The molecular formula is C22H46O5. The van der Waals surface area contributed by atoms with Crippen LogP contribution in [0.25, 0.3) is 0 Å². The highest BCUT2D eigenvalue weighted by molar-refractivity contribution is 4.56. The Labute approximate surface area is 167 Å². The first-order valence-electron chi connectivity index (χ1n) is 11.3. The minimum Gasteiger partial charge on any atom is -0.388 e. The first-order valence-corrected chi connectivity index (χ1v) is 11.3. The molecule has 0 fully saturated rings. The van der Waals surface area contributed by atoms with Gasteiger partial charge in [-0.3, -0.25) is 0 Å². The van der Waals surface area contributed by atoms with Crippen LogP contribution in [0.15, 0.2) is 0 Å². The lowest BCUT2D eigenvalue weighted by molar-refractivity contribution is -0.0566. The fourth-order valence-electron chi connectivity index (χ4n) is 2.84. The van der Waals surface area contributed by atoms with Crippen LogP contribution in [-0.2, 0) is 14.2 Å². The summed E-state index contributed by atoms with van der Waals surface area (Å²) in [5, 5.41) is 19.6. The number of aliphatic hydroxyl groups excluding tert-OH is 2. The van der Waals surface area contributed by atoms with E-state index >= 15 is 0 Å². The van der Waals surface area contributed by atoms with Crippen molar-refractivity contribution in [1.29, 1.82) is 0 Å². The fraction of sp³-hybridized carbons (Fsp3) is 1.00. The van der Waals surface area contributed by atoms with Gasteiger partial charge >= 0.3 is 0 Å². The van der Waals surface area contributed by atoms with Gasteiger partial charge in [-0.05, 0) is 12.8 Å². The van der Waals surface area contributed by atoms with E-state index in [4.69, 9.17) is 14.2 Å². The lowest BCUT2D eigenvalue weighted by Gasteiger charge is -2.15. The average Bonchev–Trinajstić information content (AvgIpc) is 2.66. The van der Waals surface area contributed by atoms with Crippen molar-refractivity contribution < 1.29 is 24.4 Å². The van der Waals surface area contributed by atoms with Gasteiger partial charge in [0.1, 0.15) is 12.2 Å². The van der Waals surface area contributed by atoms with Crippen molar-refractivity contribution >= 4 is 0 Å². The summed E-state index contributed by atoms with van der Waals surface area (Å²) in [5.41, 5.74) is 0. The van der Waals surface area contributed by atoms with E-state index in [9.17, 15) is 10.2 Å². The highest BCUT2D eigenvalue weighted by atomic mass is 16.5. The minimum absolute atomic E-state index is 0.186. The molecule has 0 aliphatic carbocycles. The third-order valence-corrected chi connectivity index (χ3v) is 4.53. The van der Waals surface area contributed by atoms with Crippen molar-refractivity contribution in [2.45, 2.75) is 103 Å². The van der Waals surface area contributed by atoms with E-state index in [0.717, 1.165) is 12.8 Å². The number of ether oxygens (including phenoxy) is 3. The predicted molar refractivity (Wildman–Crippen MR) is 111 cm³/mol. The molecule has 2 unspecified atom stereocenters. The molecule has 0 rings (SSSR count). The van der Waals surface area contributed by atoms with Crippen molar-refractivity contribution in [3.05, 3.63) is 0 Å². The highest BCUT2D eigenvalue weighted by Gasteiger charge is 2.08. The van der Waals surface area contributed by atoms with Crippen molar-refractivity contribution in [3.8, 4) is 0 Å². The monoisotopic (exact) mass is 390 g/mol. The second-order valence-electron chi connectivity index (χ2n) is 7.53. The Hall–Kier alpha value is -0.200. The van der Waals surface area contributed by atoms with Crippen LogP contribution in [0.3, 0.4) is 0 Å². The zero-order valence-corrected chi connectivity index (χ0v) is 18.0. The van der Waals surface area contributed by atoms with Crippen LogP contribution in [-0.4, -0.2) is 62.1 Å². The van der Waals surface area contributed by atoms with Crippen LogP contribution in [0.5, 0.6) is 0 Å². The molecule has 0 aromatic carbocycles. The van der Waals surface area contributed by atoms with Crippen LogP contribution in [0.2, 0.25) is 0 Å². The maximum Gasteiger partial charge on any atom is 0.101 e. The van der Waals surface area contributed by atoms with Gasteiger partial charge in [-0.25, -0.2) is 0 Å². The molecule has 5 nitrogen and oxygen atoms in total. The summed E-state index contributed by atoms with van der Waals surface area (Å²) in [7, 11) is 0. The molecule has 0 aromatic rings. The maximum atomic E-state index is 9.81. The lowest BCUT2D eigenvalue weighted by atomic mass is 10.1. The number of rotatable bonds is 22. The van der Waals surface area contributed by atoms with Gasteiger partial charge in [0.05, 0.1) is 26.4 Å². The van der Waals surface area contributed by atoms with E-state index in [2.05, 4.69) is 13.8 Å². The number of hydrogen-bond donors (Lipinski definition) is 2. The van der Waals surface area contributed by atoms with Crippen LogP contribution >= 0.6 is 0 Å². The summed E-state index contributed by atoms with van der Waals surface area (Å²) in [6.45, 7) is 6.77. The molecule has 164 valence electrons. The Balaban J connectivity index is 3.29. The number of aliphatic hydroxyl groups is 2. The quantitative estimate of drug-likeness (QED) is 0.267. The van der Waals surface area contributed by atoms with Gasteiger partial charge in [-0.15, -0.1) is 0 Å². The van der Waals surface area contributed by atoms with E-state index in [1.54, 1.807) is 0 Å². The van der Waals surface area contributed by atoms with E-state index in [1.165, 1.54) is 64.2 Å². The molecule has 0 bridgehead atoms. The molecule has 27 heavy (non-hydrogen) atoms. The molecule has 0 radical (unpaired) electrons. The molecule has 2 N–H and O–H groups in total. The average molecular weight is 391 g/mol. The molecule has 5 heteroatoms. The van der Waals surface area contributed by atoms with Crippen LogP contribution in [0.1, 0.15) is 90.9 Å². The molecule has 0 saturated carbocycles. The van der Waals surface area contributed by atoms with E-state index in [0.29, 0.717) is 26.4 Å². The Morgan fingerprint density at radius 2 is 0.815 bits per heavy atom. The summed E-state index contributed by atoms with van der Waals surface area (Å²) >= 11 is 0. The highest BCUT2D eigenvalue weighted by Crippen LogP contribution is 2.06. The normalized spacial score (nSPS) is 13.8. The molecule has 0 aromatic heterocycles. The van der Waals surface area contributed by atoms with Gasteiger partial charge in [0, 0.05) is 13.2 Å². The van der Waals surface area contributed by atoms with Gasteiger partial charge in [0.2, 0.25) is 0 Å². The van der Waals surface area contributed by atoms with Crippen LogP contribution < -0.4 is 0 Å². The van der Waals surface area contributed by atoms with Crippen LogP contribution in [0.4, 0.5) is 0 Å². The van der Waals surface area contributed by atoms with Gasteiger partial charge in [0.15, 0.2) is 0 Å². The summed E-state index contributed by atoms with van der Waals surface area (Å²) in [6.07, 6.45) is 13.5. The summed E-state index contributed by atoms with van der Waals surface area (Å²) < 4.78 is 16.3. The Kier molecular flexibility index (Phi) is 21.9. The second kappa shape index (κ2) is 22.1. The molecule has 0 spiro atoms. The molecule has 2 atom stereocenters. The smallest absolute Gasteiger partial charge is 0.101 e. The van der Waals surface area contributed by atoms with E-state index in [-0.39, 0.29) is 13.2 Å². The van der Waals surface area contributed by atoms with Crippen LogP contribution in [0, 0.1) is 0 Å². The maximum absolute atomic E-state index is 9.81. The van der Waals surface area contributed by atoms with Crippen molar-refractivity contribution in [2.75, 3.05) is 39.6 Å². The lowest BCUT2D eigenvalue weighted by Crippen LogP contribution is -2.27. The molecule has 0 aliphatic rings. The van der Waals surface area contributed by atoms with E-state index in [1.807, 2.05) is 0 Å². The Bertz CT molecular complexity index is 249. The van der Waals surface area contributed by atoms with Gasteiger partial charge in [0.25, 0.3) is 0 Å². The standard InChI is InChI=1S/C22H46O5/c1-3-5-7-9-11-13-15-25-17-21(23)19-27-20-22(24)18-26-16-14-12-10-8-6-4-2/h21-24H,3-20H2,1-2H3. The molecule has 0 heterocycles. The zero-order valence-electron chi connectivity index (χ0n) is 18.0. The van der Waals surface area contributed by atoms with Gasteiger partial charge < -0.3 is 24.4 Å². The van der Waals surface area contributed by atoms with Crippen molar-refractivity contribution in [1.82, 2.24) is 0 Å². The van der Waals surface area contributed by atoms with Crippen molar-refractivity contribution in [3.63, 3.8) is 0 Å².